The van der Waals surface area contributed by atoms with Gasteiger partial charge in [0.05, 0.1) is 5.92 Å². The van der Waals surface area contributed by atoms with Crippen molar-refractivity contribution in [3.05, 3.63) is 97.1 Å². The van der Waals surface area contributed by atoms with E-state index < -0.39 is 0 Å². The standard InChI is InChI=1S/C26H26N4O2/c1-2-14-29-15-16-30(25(31)20-9-12-27-13-10-20)19-23(26(29)32)17-21-6-3-4-8-24(21)22-7-5-11-28-18-22/h2-13,18,23H,1,14-17,19H2. The van der Waals surface area contributed by atoms with Gasteiger partial charge in [-0.2, -0.15) is 0 Å². The number of nitrogens with zero attached hydrogens (tertiary/aromatic N) is 4. The lowest BCUT2D eigenvalue weighted by Gasteiger charge is -2.24. The fraction of sp³-hybridized carbons (Fsp3) is 0.231. The van der Waals surface area contributed by atoms with Gasteiger partial charge in [-0.25, -0.2) is 0 Å². The molecule has 0 radical (unpaired) electrons. The Hall–Kier alpha value is -3.80. The molecule has 0 N–H and O–H groups in total. The molecule has 0 bridgehead atoms. The van der Waals surface area contributed by atoms with E-state index >= 15 is 0 Å². The third kappa shape index (κ3) is 4.75. The average molecular weight is 427 g/mol. The van der Waals surface area contributed by atoms with Gasteiger partial charge in [0.1, 0.15) is 0 Å². The molecule has 2 amide bonds. The van der Waals surface area contributed by atoms with Gasteiger partial charge in [0.2, 0.25) is 5.91 Å². The van der Waals surface area contributed by atoms with Gasteiger partial charge in [0, 0.05) is 62.1 Å². The summed E-state index contributed by atoms with van der Waals surface area (Å²) in [6.07, 6.45) is 9.08. The molecular formula is C26H26N4O2. The number of amides is 2. The van der Waals surface area contributed by atoms with Crippen LogP contribution in [0.2, 0.25) is 0 Å². The molecule has 2 aromatic heterocycles. The van der Waals surface area contributed by atoms with E-state index in [1.165, 1.54) is 0 Å². The van der Waals surface area contributed by atoms with Crippen molar-refractivity contribution in [3.8, 4) is 11.1 Å². The Labute approximate surface area is 188 Å². The van der Waals surface area contributed by atoms with Crippen molar-refractivity contribution >= 4 is 11.8 Å². The van der Waals surface area contributed by atoms with Crippen molar-refractivity contribution in [3.63, 3.8) is 0 Å². The molecule has 4 rings (SSSR count). The van der Waals surface area contributed by atoms with Gasteiger partial charge in [0.15, 0.2) is 0 Å². The van der Waals surface area contributed by atoms with E-state index in [1.807, 2.05) is 36.5 Å². The lowest BCUT2D eigenvalue weighted by molar-refractivity contribution is -0.134. The molecular weight excluding hydrogens is 400 g/mol. The molecule has 1 atom stereocenters. The van der Waals surface area contributed by atoms with Crippen molar-refractivity contribution in [2.45, 2.75) is 6.42 Å². The van der Waals surface area contributed by atoms with Gasteiger partial charge < -0.3 is 9.80 Å². The van der Waals surface area contributed by atoms with Crippen LogP contribution in [0.5, 0.6) is 0 Å². The summed E-state index contributed by atoms with van der Waals surface area (Å²) in [6, 6.07) is 15.4. The first-order chi connectivity index (χ1) is 15.7. The Kier molecular flexibility index (Phi) is 6.70. The van der Waals surface area contributed by atoms with Crippen LogP contribution in [-0.2, 0) is 11.2 Å². The molecule has 32 heavy (non-hydrogen) atoms. The fourth-order valence-corrected chi connectivity index (χ4v) is 4.16. The van der Waals surface area contributed by atoms with Crippen LogP contribution < -0.4 is 0 Å². The van der Waals surface area contributed by atoms with Crippen molar-refractivity contribution in [2.24, 2.45) is 5.92 Å². The highest BCUT2D eigenvalue weighted by molar-refractivity contribution is 5.94. The Morgan fingerprint density at radius 1 is 1.03 bits per heavy atom. The highest BCUT2D eigenvalue weighted by Gasteiger charge is 2.32. The average Bonchev–Trinajstić information content (AvgIpc) is 3.00. The molecule has 1 unspecified atom stereocenters. The van der Waals surface area contributed by atoms with Crippen molar-refractivity contribution in [2.75, 3.05) is 26.2 Å². The second-order valence-electron chi connectivity index (χ2n) is 7.86. The van der Waals surface area contributed by atoms with Crippen molar-refractivity contribution < 1.29 is 9.59 Å². The van der Waals surface area contributed by atoms with Crippen molar-refractivity contribution in [1.82, 2.24) is 19.8 Å². The van der Waals surface area contributed by atoms with Gasteiger partial charge in [-0.3, -0.25) is 19.6 Å². The molecule has 1 aliphatic rings. The summed E-state index contributed by atoms with van der Waals surface area (Å²) in [5.41, 5.74) is 3.71. The molecule has 0 spiro atoms. The fourth-order valence-electron chi connectivity index (χ4n) is 4.16. The van der Waals surface area contributed by atoms with Crippen LogP contribution in [0.25, 0.3) is 11.1 Å². The Morgan fingerprint density at radius 2 is 1.84 bits per heavy atom. The molecule has 0 aliphatic carbocycles. The first-order valence-electron chi connectivity index (χ1n) is 10.7. The molecule has 6 nitrogen and oxygen atoms in total. The lowest BCUT2D eigenvalue weighted by Crippen LogP contribution is -2.38. The van der Waals surface area contributed by atoms with Gasteiger partial charge in [-0.1, -0.05) is 36.4 Å². The van der Waals surface area contributed by atoms with E-state index in [-0.39, 0.29) is 17.7 Å². The molecule has 6 heteroatoms. The van der Waals surface area contributed by atoms with Crippen LogP contribution in [0, 0.1) is 5.92 Å². The zero-order valence-corrected chi connectivity index (χ0v) is 17.9. The molecule has 1 saturated heterocycles. The summed E-state index contributed by atoms with van der Waals surface area (Å²) in [5, 5.41) is 0. The quantitative estimate of drug-likeness (QED) is 0.566. The Balaban J connectivity index is 1.64. The number of benzene rings is 1. The SMILES string of the molecule is C=CCN1CCN(C(=O)c2ccncc2)CC(Cc2ccccc2-c2cccnc2)C1=O. The largest absolute Gasteiger partial charge is 0.337 e. The van der Waals surface area contributed by atoms with E-state index in [0.717, 1.165) is 16.7 Å². The number of aromatic nitrogens is 2. The number of carbonyl (C=O) groups excluding carboxylic acids is 2. The van der Waals surface area contributed by atoms with Gasteiger partial charge in [0.25, 0.3) is 5.91 Å². The summed E-state index contributed by atoms with van der Waals surface area (Å²) < 4.78 is 0. The van der Waals surface area contributed by atoms with Crippen LogP contribution in [-0.4, -0.2) is 57.8 Å². The zero-order chi connectivity index (χ0) is 22.3. The van der Waals surface area contributed by atoms with Crippen LogP contribution in [0.1, 0.15) is 15.9 Å². The van der Waals surface area contributed by atoms with E-state index in [0.29, 0.717) is 38.2 Å². The highest BCUT2D eigenvalue weighted by Crippen LogP contribution is 2.27. The van der Waals surface area contributed by atoms with Crippen LogP contribution in [0.15, 0.2) is 86.0 Å². The maximum absolute atomic E-state index is 13.4. The predicted octanol–water partition coefficient (Wildman–Crippen LogP) is 3.47. The second-order valence-corrected chi connectivity index (χ2v) is 7.86. The third-order valence-electron chi connectivity index (χ3n) is 5.76. The smallest absolute Gasteiger partial charge is 0.254 e. The summed E-state index contributed by atoms with van der Waals surface area (Å²) in [4.78, 5) is 38.4. The minimum absolute atomic E-state index is 0.0518. The number of hydrogen-bond acceptors (Lipinski definition) is 4. The molecule has 162 valence electrons. The van der Waals surface area contributed by atoms with E-state index in [2.05, 4.69) is 22.6 Å². The molecule has 1 aliphatic heterocycles. The normalized spacial score (nSPS) is 16.5. The van der Waals surface area contributed by atoms with E-state index in [4.69, 9.17) is 0 Å². The second kappa shape index (κ2) is 10.0. The maximum atomic E-state index is 13.4. The molecule has 3 aromatic rings. The molecule has 3 heterocycles. The van der Waals surface area contributed by atoms with Crippen LogP contribution in [0.4, 0.5) is 0 Å². The van der Waals surface area contributed by atoms with Crippen molar-refractivity contribution in [1.29, 1.82) is 0 Å². The van der Waals surface area contributed by atoms with Crippen LogP contribution >= 0.6 is 0 Å². The summed E-state index contributed by atoms with van der Waals surface area (Å²) in [7, 11) is 0. The first kappa shape index (κ1) is 21.4. The maximum Gasteiger partial charge on any atom is 0.254 e. The molecule has 1 fully saturated rings. The monoisotopic (exact) mass is 426 g/mol. The Bertz CT molecular complexity index is 1090. The highest BCUT2D eigenvalue weighted by atomic mass is 16.2. The summed E-state index contributed by atoms with van der Waals surface area (Å²) in [5.74, 6) is -0.372. The van der Waals surface area contributed by atoms with Gasteiger partial charge in [-0.15, -0.1) is 6.58 Å². The number of pyridine rings is 2. The van der Waals surface area contributed by atoms with Gasteiger partial charge in [-0.05, 0) is 35.7 Å². The van der Waals surface area contributed by atoms with Crippen LogP contribution in [0.3, 0.4) is 0 Å². The number of hydrogen-bond donors (Lipinski definition) is 0. The predicted molar refractivity (Wildman–Crippen MR) is 124 cm³/mol. The van der Waals surface area contributed by atoms with Gasteiger partial charge >= 0.3 is 0 Å². The zero-order valence-electron chi connectivity index (χ0n) is 17.9. The summed E-state index contributed by atoms with van der Waals surface area (Å²) >= 11 is 0. The Morgan fingerprint density at radius 3 is 2.59 bits per heavy atom. The minimum Gasteiger partial charge on any atom is -0.337 e. The van der Waals surface area contributed by atoms with E-state index in [1.54, 1.807) is 46.6 Å². The number of carbonyl (C=O) groups is 2. The first-order valence-corrected chi connectivity index (χ1v) is 10.7. The topological polar surface area (TPSA) is 66.4 Å². The lowest BCUT2D eigenvalue weighted by atomic mass is 9.91. The van der Waals surface area contributed by atoms with E-state index in [9.17, 15) is 9.59 Å². The third-order valence-corrected chi connectivity index (χ3v) is 5.76. The summed E-state index contributed by atoms with van der Waals surface area (Å²) in [6.45, 7) is 5.61. The molecule has 1 aromatic carbocycles. The number of rotatable bonds is 6. The molecule has 0 saturated carbocycles. The minimum atomic E-state index is -0.346.